The van der Waals surface area contributed by atoms with E-state index in [1.165, 1.54) is 0 Å². The molecule has 0 spiro atoms. The summed E-state index contributed by atoms with van der Waals surface area (Å²) in [6, 6.07) is 15.5. The second kappa shape index (κ2) is 8.49. The summed E-state index contributed by atoms with van der Waals surface area (Å²) in [6.07, 6.45) is 1.18. The summed E-state index contributed by atoms with van der Waals surface area (Å²) in [5, 5.41) is 5.14. The van der Waals surface area contributed by atoms with Gasteiger partial charge in [-0.2, -0.15) is 5.10 Å². The monoisotopic (exact) mass is 343 g/mol. The molecule has 1 aromatic carbocycles. The average Bonchev–Trinajstić information content (AvgIpc) is 2.55. The lowest BCUT2D eigenvalue weighted by Crippen LogP contribution is -2.30. The molecule has 24 heavy (non-hydrogen) atoms. The minimum Gasteiger partial charge on any atom is -0.443 e. The number of benzene rings is 1. The minimum absolute atomic E-state index is 0.560. The van der Waals surface area contributed by atoms with Crippen LogP contribution in [0.1, 0.15) is 26.3 Å². The fourth-order valence-corrected chi connectivity index (χ4v) is 2.63. The maximum Gasteiger partial charge on any atom is 0.428 e. The lowest BCUT2D eigenvalue weighted by atomic mass is 10.1. The molecular formula is C18H21N3O2S. The Balaban J connectivity index is 2.08. The van der Waals surface area contributed by atoms with Crippen molar-refractivity contribution < 1.29 is 9.53 Å². The first-order valence-electron chi connectivity index (χ1n) is 7.59. The molecule has 0 bridgehead atoms. The Morgan fingerprint density at radius 2 is 1.88 bits per heavy atom. The number of hydrogen-bond acceptors (Lipinski definition) is 5. The lowest BCUT2D eigenvalue weighted by Gasteiger charge is -2.18. The van der Waals surface area contributed by atoms with Crippen LogP contribution in [0.25, 0.3) is 0 Å². The molecule has 126 valence electrons. The summed E-state index contributed by atoms with van der Waals surface area (Å²) in [4.78, 5) is 16.1. The van der Waals surface area contributed by atoms with Crippen molar-refractivity contribution in [3.63, 3.8) is 0 Å². The fourth-order valence-electron chi connectivity index (χ4n) is 1.80. The highest BCUT2D eigenvalue weighted by atomic mass is 32.2. The summed E-state index contributed by atoms with van der Waals surface area (Å²) < 4.78 is 5.21. The third-order valence-corrected chi connectivity index (χ3v) is 3.74. The number of aromatic nitrogens is 1. The third-order valence-electron chi connectivity index (χ3n) is 2.78. The van der Waals surface area contributed by atoms with Gasteiger partial charge in [-0.15, -0.1) is 0 Å². The Morgan fingerprint density at radius 1 is 1.17 bits per heavy atom. The van der Waals surface area contributed by atoms with Gasteiger partial charge >= 0.3 is 6.09 Å². The molecular weight excluding hydrogens is 322 g/mol. The Bertz CT molecular complexity index is 682. The zero-order valence-electron chi connectivity index (χ0n) is 14.0. The van der Waals surface area contributed by atoms with Crippen LogP contribution < -0.4 is 5.43 Å². The van der Waals surface area contributed by atoms with Gasteiger partial charge in [-0.25, -0.2) is 15.2 Å². The molecule has 0 saturated heterocycles. The van der Waals surface area contributed by atoms with Gasteiger partial charge in [0.2, 0.25) is 0 Å². The zero-order valence-corrected chi connectivity index (χ0v) is 14.8. The van der Waals surface area contributed by atoms with E-state index in [9.17, 15) is 4.79 Å². The van der Waals surface area contributed by atoms with Crippen molar-refractivity contribution in [2.24, 2.45) is 5.10 Å². The first kappa shape index (κ1) is 18.0. The van der Waals surface area contributed by atoms with Crippen molar-refractivity contribution in [1.29, 1.82) is 0 Å². The zero-order chi connectivity index (χ0) is 17.4. The highest BCUT2D eigenvalue weighted by molar-refractivity contribution is 7.99. The predicted octanol–water partition coefficient (Wildman–Crippen LogP) is 4.10. The Labute approximate surface area is 146 Å². The number of hydrogen-bond donors (Lipinski definition) is 1. The highest BCUT2D eigenvalue weighted by Gasteiger charge is 2.16. The number of nitrogens with one attached hydrogen (secondary N) is 1. The van der Waals surface area contributed by atoms with E-state index in [4.69, 9.17) is 4.74 Å². The van der Waals surface area contributed by atoms with Gasteiger partial charge in [0, 0.05) is 11.9 Å². The third kappa shape index (κ3) is 6.42. The van der Waals surface area contributed by atoms with Crippen molar-refractivity contribution in [1.82, 2.24) is 10.4 Å². The first-order valence-corrected chi connectivity index (χ1v) is 8.57. The molecule has 1 heterocycles. The molecule has 1 amide bonds. The van der Waals surface area contributed by atoms with Gasteiger partial charge in [0.1, 0.15) is 5.60 Å². The van der Waals surface area contributed by atoms with Gasteiger partial charge in [0.15, 0.2) is 0 Å². The van der Waals surface area contributed by atoms with Crippen LogP contribution in [-0.2, 0) is 4.74 Å². The molecule has 2 rings (SSSR count). The summed E-state index contributed by atoms with van der Waals surface area (Å²) in [7, 11) is 0. The normalized spacial score (nSPS) is 11.9. The summed E-state index contributed by atoms with van der Waals surface area (Å²) >= 11 is 1.55. The summed E-state index contributed by atoms with van der Waals surface area (Å²) in [6.45, 7) is 5.43. The first-order chi connectivity index (χ1) is 11.4. The van der Waals surface area contributed by atoms with Gasteiger partial charge in [0.25, 0.3) is 0 Å². The molecule has 0 atom stereocenters. The maximum absolute atomic E-state index is 11.8. The lowest BCUT2D eigenvalue weighted by molar-refractivity contribution is 0.0529. The van der Waals surface area contributed by atoms with Crippen LogP contribution in [0.5, 0.6) is 0 Å². The van der Waals surface area contributed by atoms with E-state index in [1.807, 2.05) is 69.3 Å². The van der Waals surface area contributed by atoms with E-state index >= 15 is 0 Å². The number of carbonyl (C=O) groups excluding carboxylic acids is 1. The standard InChI is InChI=1S/C18H21N3O2S/c1-18(2,3)23-17(22)21-20-15(14-9-5-4-6-10-14)13-24-16-11-7-8-12-19-16/h4-12H,13H2,1-3H3,(H,21,22). The van der Waals surface area contributed by atoms with Crippen LogP contribution in [0.3, 0.4) is 0 Å². The molecule has 6 heteroatoms. The molecule has 2 aromatic rings. The van der Waals surface area contributed by atoms with Gasteiger partial charge in [-0.3, -0.25) is 0 Å². The molecule has 0 saturated carbocycles. The molecule has 1 aromatic heterocycles. The number of nitrogens with zero attached hydrogens (tertiary/aromatic N) is 2. The van der Waals surface area contributed by atoms with Gasteiger partial charge in [0.05, 0.1) is 10.7 Å². The van der Waals surface area contributed by atoms with Gasteiger partial charge in [-0.1, -0.05) is 48.2 Å². The van der Waals surface area contributed by atoms with Crippen LogP contribution in [0, 0.1) is 0 Å². The van der Waals surface area contributed by atoms with E-state index in [0.717, 1.165) is 16.3 Å². The summed E-state index contributed by atoms with van der Waals surface area (Å²) in [5.41, 5.74) is 3.60. The SMILES string of the molecule is CC(C)(C)OC(=O)NN=C(CSc1ccccn1)c1ccccc1. The fraction of sp³-hybridized carbons (Fsp3) is 0.278. The van der Waals surface area contributed by atoms with E-state index in [-0.39, 0.29) is 0 Å². The molecule has 5 nitrogen and oxygen atoms in total. The minimum atomic E-state index is -0.571. The van der Waals surface area contributed by atoms with Crippen molar-refractivity contribution in [2.45, 2.75) is 31.4 Å². The molecule has 1 N–H and O–H groups in total. The molecule has 0 radical (unpaired) electrons. The Kier molecular flexibility index (Phi) is 6.37. The highest BCUT2D eigenvalue weighted by Crippen LogP contribution is 2.16. The van der Waals surface area contributed by atoms with Crippen LogP contribution in [0.15, 0.2) is 64.9 Å². The van der Waals surface area contributed by atoms with Crippen molar-refractivity contribution in [2.75, 3.05) is 5.75 Å². The number of thioether (sulfide) groups is 1. The Hall–Kier alpha value is -2.34. The Morgan fingerprint density at radius 3 is 2.50 bits per heavy atom. The van der Waals surface area contributed by atoms with E-state index in [1.54, 1.807) is 18.0 Å². The quantitative estimate of drug-likeness (QED) is 0.504. The van der Waals surface area contributed by atoms with Crippen LogP contribution in [-0.4, -0.2) is 28.1 Å². The van der Waals surface area contributed by atoms with Crippen LogP contribution >= 0.6 is 11.8 Å². The summed E-state index contributed by atoms with van der Waals surface area (Å²) in [5.74, 6) is 0.580. The second-order valence-electron chi connectivity index (χ2n) is 5.99. The van der Waals surface area contributed by atoms with E-state index in [2.05, 4.69) is 15.5 Å². The predicted molar refractivity (Wildman–Crippen MR) is 97.3 cm³/mol. The molecule has 0 aliphatic carbocycles. The number of amides is 1. The smallest absolute Gasteiger partial charge is 0.428 e. The van der Waals surface area contributed by atoms with Crippen LogP contribution in [0.4, 0.5) is 4.79 Å². The largest absolute Gasteiger partial charge is 0.443 e. The van der Waals surface area contributed by atoms with Crippen LogP contribution in [0.2, 0.25) is 0 Å². The van der Waals surface area contributed by atoms with E-state index < -0.39 is 11.7 Å². The van der Waals surface area contributed by atoms with Crippen molar-refractivity contribution in [3.8, 4) is 0 Å². The molecule has 0 aliphatic rings. The van der Waals surface area contributed by atoms with Gasteiger partial charge in [-0.05, 0) is 38.5 Å². The molecule has 0 unspecified atom stereocenters. The molecule has 0 aliphatic heterocycles. The number of rotatable bonds is 5. The molecule has 0 fully saturated rings. The van der Waals surface area contributed by atoms with Crippen molar-refractivity contribution >= 4 is 23.6 Å². The average molecular weight is 343 g/mol. The van der Waals surface area contributed by atoms with E-state index in [0.29, 0.717) is 5.75 Å². The van der Waals surface area contributed by atoms with Gasteiger partial charge < -0.3 is 4.74 Å². The number of pyridine rings is 1. The number of hydrazone groups is 1. The maximum atomic E-state index is 11.8. The number of carbonyl (C=O) groups is 1. The van der Waals surface area contributed by atoms with Crippen molar-refractivity contribution in [3.05, 3.63) is 60.3 Å². The second-order valence-corrected chi connectivity index (χ2v) is 6.99. The topological polar surface area (TPSA) is 63.6 Å². The number of ether oxygens (including phenoxy) is 1.